The molecule has 0 fully saturated rings. The fourth-order valence-corrected chi connectivity index (χ4v) is 5.85. The summed E-state index contributed by atoms with van der Waals surface area (Å²) in [5, 5.41) is 9.41. The number of ether oxygens (including phenoxy) is 1. The van der Waals surface area contributed by atoms with Crippen LogP contribution in [0.2, 0.25) is 0 Å². The molecule has 0 aliphatic carbocycles. The van der Waals surface area contributed by atoms with Crippen molar-refractivity contribution in [1.29, 1.82) is 0 Å². The lowest BCUT2D eigenvalue weighted by Gasteiger charge is -2.33. The Balaban J connectivity index is 3.80. The summed E-state index contributed by atoms with van der Waals surface area (Å²) in [6, 6.07) is 0. The van der Waals surface area contributed by atoms with Crippen molar-refractivity contribution in [2.24, 2.45) is 0 Å². The van der Waals surface area contributed by atoms with Crippen molar-refractivity contribution in [3.05, 3.63) is 0 Å². The zero-order chi connectivity index (χ0) is 27.3. The van der Waals surface area contributed by atoms with Gasteiger partial charge < -0.3 is 9.84 Å². The average molecular weight is 525 g/mol. The maximum atomic E-state index is 9.41. The molecule has 2 unspecified atom stereocenters. The Bertz CT molecular complexity index is 423. The van der Waals surface area contributed by atoms with Crippen LogP contribution in [-0.4, -0.2) is 23.4 Å². The minimum Gasteiger partial charge on any atom is -0.396 e. The molecule has 0 saturated carbocycles. The van der Waals surface area contributed by atoms with E-state index < -0.39 is 0 Å². The molecule has 0 amide bonds. The minimum atomic E-state index is -0.0578. The van der Waals surface area contributed by atoms with E-state index in [1.54, 1.807) is 0 Å². The van der Waals surface area contributed by atoms with Crippen LogP contribution in [0.4, 0.5) is 0 Å². The molecule has 0 radical (unpaired) electrons. The molecule has 0 rings (SSSR count). The first-order valence-electron chi connectivity index (χ1n) is 17.4. The van der Waals surface area contributed by atoms with Gasteiger partial charge in [0.05, 0.1) is 11.7 Å². The molecule has 0 bridgehead atoms. The van der Waals surface area contributed by atoms with E-state index in [-0.39, 0.29) is 12.2 Å². The van der Waals surface area contributed by atoms with Crippen LogP contribution < -0.4 is 0 Å². The summed E-state index contributed by atoms with van der Waals surface area (Å²) < 4.78 is 6.63. The molecule has 2 atom stereocenters. The second-order valence-electron chi connectivity index (χ2n) is 12.5. The first kappa shape index (κ1) is 36.9. The Kier molecular flexibility index (Phi) is 28.9. The van der Waals surface area contributed by atoms with Crippen molar-refractivity contribution < 1.29 is 9.84 Å². The number of unbranched alkanes of at least 4 members (excludes halogenated alkanes) is 22. The Morgan fingerprint density at radius 3 is 1.19 bits per heavy atom. The van der Waals surface area contributed by atoms with Crippen molar-refractivity contribution in [1.82, 2.24) is 0 Å². The average Bonchev–Trinajstić information content (AvgIpc) is 2.89. The van der Waals surface area contributed by atoms with E-state index in [9.17, 15) is 5.11 Å². The van der Waals surface area contributed by atoms with Crippen LogP contribution in [0.5, 0.6) is 0 Å². The van der Waals surface area contributed by atoms with Crippen LogP contribution in [0.3, 0.4) is 0 Å². The van der Waals surface area contributed by atoms with Gasteiger partial charge in [0.15, 0.2) is 0 Å². The molecule has 0 saturated heterocycles. The Labute approximate surface area is 235 Å². The predicted molar refractivity (Wildman–Crippen MR) is 167 cm³/mol. The van der Waals surface area contributed by atoms with E-state index in [0.29, 0.717) is 6.10 Å². The fourth-order valence-electron chi connectivity index (χ4n) is 5.85. The van der Waals surface area contributed by atoms with Gasteiger partial charge >= 0.3 is 0 Å². The molecule has 0 aromatic carbocycles. The first-order chi connectivity index (χ1) is 18.1. The number of hydrogen-bond acceptors (Lipinski definition) is 2. The first-order valence-corrected chi connectivity index (χ1v) is 17.4. The summed E-state index contributed by atoms with van der Waals surface area (Å²) >= 11 is 0. The smallest absolute Gasteiger partial charge is 0.0659 e. The third-order valence-corrected chi connectivity index (χ3v) is 8.37. The Morgan fingerprint density at radius 2 is 0.811 bits per heavy atom. The lowest BCUT2D eigenvalue weighted by Crippen LogP contribution is -2.33. The summed E-state index contributed by atoms with van der Waals surface area (Å²) in [6.07, 6.45) is 38.2. The third-order valence-electron chi connectivity index (χ3n) is 8.37. The highest BCUT2D eigenvalue weighted by molar-refractivity contribution is 4.77. The zero-order valence-corrected chi connectivity index (χ0v) is 26.4. The summed E-state index contributed by atoms with van der Waals surface area (Å²) in [7, 11) is 0. The zero-order valence-electron chi connectivity index (χ0n) is 26.4. The standard InChI is InChI=1S/C35H72O2/c1-5-7-9-11-13-15-17-19-21-23-25-27-30-34(3)37-35(4,32-29-33-36)31-28-26-24-22-20-18-16-14-12-10-8-6-2/h34,36H,5-33H2,1-4H3. The van der Waals surface area contributed by atoms with Crippen LogP contribution in [0.15, 0.2) is 0 Å². The Morgan fingerprint density at radius 1 is 0.486 bits per heavy atom. The highest BCUT2D eigenvalue weighted by Crippen LogP contribution is 2.28. The van der Waals surface area contributed by atoms with Gasteiger partial charge in [-0.1, -0.05) is 168 Å². The normalized spacial score (nSPS) is 14.2. The second-order valence-corrected chi connectivity index (χ2v) is 12.5. The SMILES string of the molecule is CCCCCCCCCCCCCCC(C)OC(C)(CCCO)CCCCCCCCCCCCCC. The van der Waals surface area contributed by atoms with Crippen LogP contribution >= 0.6 is 0 Å². The highest BCUT2D eigenvalue weighted by atomic mass is 16.5. The topological polar surface area (TPSA) is 29.5 Å². The monoisotopic (exact) mass is 525 g/mol. The van der Waals surface area contributed by atoms with Gasteiger partial charge in [-0.2, -0.15) is 0 Å². The fraction of sp³-hybridized carbons (Fsp3) is 1.00. The molecule has 0 aliphatic rings. The number of rotatable bonds is 31. The van der Waals surface area contributed by atoms with Gasteiger partial charge in [0.1, 0.15) is 0 Å². The molecule has 224 valence electrons. The van der Waals surface area contributed by atoms with Gasteiger partial charge in [-0.25, -0.2) is 0 Å². The summed E-state index contributed by atoms with van der Waals surface area (Å²) in [6.45, 7) is 9.45. The van der Waals surface area contributed by atoms with Crippen LogP contribution in [0.1, 0.15) is 207 Å². The van der Waals surface area contributed by atoms with E-state index in [0.717, 1.165) is 19.3 Å². The third kappa shape index (κ3) is 27.3. The summed E-state index contributed by atoms with van der Waals surface area (Å²) in [5.74, 6) is 0. The van der Waals surface area contributed by atoms with E-state index >= 15 is 0 Å². The van der Waals surface area contributed by atoms with E-state index in [2.05, 4.69) is 27.7 Å². The lowest BCUT2D eigenvalue weighted by molar-refractivity contribution is -0.0917. The molecule has 1 N–H and O–H groups in total. The molecule has 2 heteroatoms. The van der Waals surface area contributed by atoms with Crippen LogP contribution in [0.25, 0.3) is 0 Å². The van der Waals surface area contributed by atoms with E-state index in [1.807, 2.05) is 0 Å². The van der Waals surface area contributed by atoms with Crippen molar-refractivity contribution in [2.45, 2.75) is 219 Å². The molecule has 0 spiro atoms. The Hall–Kier alpha value is -0.0800. The van der Waals surface area contributed by atoms with Crippen LogP contribution in [0, 0.1) is 0 Å². The molecular formula is C35H72O2. The molecule has 37 heavy (non-hydrogen) atoms. The quantitative estimate of drug-likeness (QED) is 0.0913. The van der Waals surface area contributed by atoms with E-state index in [4.69, 9.17) is 4.74 Å². The minimum absolute atomic E-state index is 0.0578. The summed E-state index contributed by atoms with van der Waals surface area (Å²) in [4.78, 5) is 0. The van der Waals surface area contributed by atoms with Crippen molar-refractivity contribution >= 4 is 0 Å². The van der Waals surface area contributed by atoms with Gasteiger partial charge in [0, 0.05) is 6.61 Å². The highest BCUT2D eigenvalue weighted by Gasteiger charge is 2.26. The molecule has 2 nitrogen and oxygen atoms in total. The van der Waals surface area contributed by atoms with Gasteiger partial charge in [-0.15, -0.1) is 0 Å². The van der Waals surface area contributed by atoms with Crippen molar-refractivity contribution in [2.75, 3.05) is 6.61 Å². The second kappa shape index (κ2) is 28.9. The molecule has 0 heterocycles. The molecule has 0 aliphatic heterocycles. The maximum Gasteiger partial charge on any atom is 0.0659 e. The van der Waals surface area contributed by atoms with Crippen LogP contribution in [-0.2, 0) is 4.74 Å². The van der Waals surface area contributed by atoms with Crippen molar-refractivity contribution in [3.8, 4) is 0 Å². The number of hydrogen-bond donors (Lipinski definition) is 1. The number of aliphatic hydroxyl groups excluding tert-OH is 1. The van der Waals surface area contributed by atoms with Crippen molar-refractivity contribution in [3.63, 3.8) is 0 Å². The van der Waals surface area contributed by atoms with Gasteiger partial charge in [0.25, 0.3) is 0 Å². The number of aliphatic hydroxyl groups is 1. The lowest BCUT2D eigenvalue weighted by atomic mass is 9.92. The van der Waals surface area contributed by atoms with Gasteiger partial charge in [0.2, 0.25) is 0 Å². The molecule has 0 aromatic rings. The largest absolute Gasteiger partial charge is 0.396 e. The van der Waals surface area contributed by atoms with Gasteiger partial charge in [-0.05, 0) is 39.5 Å². The molecular weight excluding hydrogens is 452 g/mol. The summed E-state index contributed by atoms with van der Waals surface area (Å²) in [5.41, 5.74) is -0.0578. The predicted octanol–water partition coefficient (Wildman–Crippen LogP) is 12.1. The van der Waals surface area contributed by atoms with Gasteiger partial charge in [-0.3, -0.25) is 0 Å². The van der Waals surface area contributed by atoms with E-state index in [1.165, 1.54) is 161 Å². The molecule has 0 aromatic heterocycles. The maximum absolute atomic E-state index is 9.41.